The molecule has 1 heterocycles. The zero-order valence-electron chi connectivity index (χ0n) is 12.0. The number of piperidine rings is 1. The second-order valence-electron chi connectivity index (χ2n) is 6.28. The van der Waals surface area contributed by atoms with Crippen molar-refractivity contribution in [3.63, 3.8) is 0 Å². The molecule has 0 aromatic carbocycles. The Morgan fingerprint density at radius 3 is 2.56 bits per heavy atom. The molecule has 1 aliphatic heterocycles. The van der Waals surface area contributed by atoms with E-state index in [9.17, 15) is 4.79 Å². The Balaban J connectivity index is 1.86. The van der Waals surface area contributed by atoms with Gasteiger partial charge in [0.25, 0.3) is 0 Å². The SMILES string of the molecule is CCC1CC(NC(C)=O)CN(CC2CCCC2)C1. The Morgan fingerprint density at radius 2 is 1.94 bits per heavy atom. The molecule has 0 spiro atoms. The molecule has 1 saturated heterocycles. The summed E-state index contributed by atoms with van der Waals surface area (Å²) in [5.74, 6) is 1.80. The van der Waals surface area contributed by atoms with E-state index >= 15 is 0 Å². The number of amides is 1. The summed E-state index contributed by atoms with van der Waals surface area (Å²) < 4.78 is 0. The van der Waals surface area contributed by atoms with Crippen molar-refractivity contribution in [2.75, 3.05) is 19.6 Å². The van der Waals surface area contributed by atoms with Gasteiger partial charge in [-0.15, -0.1) is 0 Å². The van der Waals surface area contributed by atoms with Crippen molar-refractivity contribution in [1.82, 2.24) is 10.2 Å². The van der Waals surface area contributed by atoms with Crippen LogP contribution in [-0.2, 0) is 4.79 Å². The van der Waals surface area contributed by atoms with Crippen molar-refractivity contribution in [3.8, 4) is 0 Å². The van der Waals surface area contributed by atoms with E-state index in [0.717, 1.165) is 24.8 Å². The minimum absolute atomic E-state index is 0.123. The molecule has 1 N–H and O–H groups in total. The van der Waals surface area contributed by atoms with Crippen molar-refractivity contribution >= 4 is 5.91 Å². The van der Waals surface area contributed by atoms with E-state index in [2.05, 4.69) is 17.1 Å². The minimum Gasteiger partial charge on any atom is -0.352 e. The summed E-state index contributed by atoms with van der Waals surface area (Å²) in [5, 5.41) is 3.12. The maximum Gasteiger partial charge on any atom is 0.217 e. The van der Waals surface area contributed by atoms with Gasteiger partial charge >= 0.3 is 0 Å². The Kier molecular flexibility index (Phi) is 5.04. The molecule has 1 aliphatic carbocycles. The fourth-order valence-electron chi connectivity index (χ4n) is 3.70. The summed E-state index contributed by atoms with van der Waals surface area (Å²) in [6.07, 6.45) is 8.07. The van der Waals surface area contributed by atoms with E-state index in [0.29, 0.717) is 6.04 Å². The molecule has 1 saturated carbocycles. The van der Waals surface area contributed by atoms with Crippen LogP contribution in [0.5, 0.6) is 0 Å². The van der Waals surface area contributed by atoms with Gasteiger partial charge < -0.3 is 10.2 Å². The summed E-state index contributed by atoms with van der Waals surface area (Å²) in [5.41, 5.74) is 0. The monoisotopic (exact) mass is 252 g/mol. The Labute approximate surface area is 111 Å². The van der Waals surface area contributed by atoms with Gasteiger partial charge in [-0.25, -0.2) is 0 Å². The van der Waals surface area contributed by atoms with Crippen molar-refractivity contribution in [3.05, 3.63) is 0 Å². The third-order valence-electron chi connectivity index (χ3n) is 4.59. The van der Waals surface area contributed by atoms with Crippen LogP contribution in [0.3, 0.4) is 0 Å². The van der Waals surface area contributed by atoms with Gasteiger partial charge in [0.05, 0.1) is 0 Å². The van der Waals surface area contributed by atoms with Gasteiger partial charge in [-0.2, -0.15) is 0 Å². The standard InChI is InChI=1S/C15H28N2O/c1-3-13-8-15(16-12(2)18)11-17(9-13)10-14-6-4-5-7-14/h13-15H,3-11H2,1-2H3,(H,16,18). The highest BCUT2D eigenvalue weighted by molar-refractivity contribution is 5.73. The molecule has 0 aromatic rings. The molecule has 1 amide bonds. The lowest BCUT2D eigenvalue weighted by atomic mass is 9.91. The normalized spacial score (nSPS) is 30.6. The van der Waals surface area contributed by atoms with Gasteiger partial charge in [0.15, 0.2) is 0 Å². The van der Waals surface area contributed by atoms with Crippen LogP contribution >= 0.6 is 0 Å². The lowest BCUT2D eigenvalue weighted by Crippen LogP contribution is -2.51. The predicted octanol–water partition coefficient (Wildman–Crippen LogP) is 2.41. The average Bonchev–Trinajstić information content (AvgIpc) is 2.80. The van der Waals surface area contributed by atoms with Crippen molar-refractivity contribution in [2.24, 2.45) is 11.8 Å². The Morgan fingerprint density at radius 1 is 1.22 bits per heavy atom. The number of nitrogens with one attached hydrogen (secondary N) is 1. The Hall–Kier alpha value is -0.570. The molecular weight excluding hydrogens is 224 g/mol. The highest BCUT2D eigenvalue weighted by Crippen LogP contribution is 2.28. The molecule has 2 rings (SSSR count). The third kappa shape index (κ3) is 3.98. The first kappa shape index (κ1) is 13.9. The Bertz CT molecular complexity index is 274. The number of likely N-dealkylation sites (tertiary alicyclic amines) is 1. The van der Waals surface area contributed by atoms with Gasteiger partial charge in [0.2, 0.25) is 5.91 Å². The highest BCUT2D eigenvalue weighted by atomic mass is 16.1. The number of carbonyl (C=O) groups is 1. The van der Waals surface area contributed by atoms with E-state index in [4.69, 9.17) is 0 Å². The quantitative estimate of drug-likeness (QED) is 0.833. The number of rotatable bonds is 4. The van der Waals surface area contributed by atoms with E-state index in [1.165, 1.54) is 45.2 Å². The fraction of sp³-hybridized carbons (Fsp3) is 0.933. The number of hydrogen-bond donors (Lipinski definition) is 1. The summed E-state index contributed by atoms with van der Waals surface area (Å²) in [7, 11) is 0. The van der Waals surface area contributed by atoms with Crippen LogP contribution in [0.4, 0.5) is 0 Å². The predicted molar refractivity (Wildman–Crippen MR) is 74.4 cm³/mol. The minimum atomic E-state index is 0.123. The van der Waals surface area contributed by atoms with Crippen LogP contribution in [-0.4, -0.2) is 36.5 Å². The van der Waals surface area contributed by atoms with E-state index < -0.39 is 0 Å². The van der Waals surface area contributed by atoms with Crippen molar-refractivity contribution in [1.29, 1.82) is 0 Å². The largest absolute Gasteiger partial charge is 0.352 e. The van der Waals surface area contributed by atoms with Crippen LogP contribution in [0.25, 0.3) is 0 Å². The lowest BCUT2D eigenvalue weighted by Gasteiger charge is -2.38. The van der Waals surface area contributed by atoms with Crippen LogP contribution in [0.2, 0.25) is 0 Å². The zero-order valence-corrected chi connectivity index (χ0v) is 12.0. The second kappa shape index (κ2) is 6.55. The second-order valence-corrected chi connectivity index (χ2v) is 6.28. The van der Waals surface area contributed by atoms with Crippen LogP contribution < -0.4 is 5.32 Å². The molecule has 18 heavy (non-hydrogen) atoms. The molecule has 2 aliphatic rings. The van der Waals surface area contributed by atoms with E-state index in [1.54, 1.807) is 6.92 Å². The summed E-state index contributed by atoms with van der Waals surface area (Å²) in [4.78, 5) is 13.8. The number of hydrogen-bond acceptors (Lipinski definition) is 2. The lowest BCUT2D eigenvalue weighted by molar-refractivity contribution is -0.120. The zero-order chi connectivity index (χ0) is 13.0. The molecule has 3 nitrogen and oxygen atoms in total. The summed E-state index contributed by atoms with van der Waals surface area (Å²) in [6, 6.07) is 0.377. The van der Waals surface area contributed by atoms with Crippen LogP contribution in [0.15, 0.2) is 0 Å². The van der Waals surface area contributed by atoms with Gasteiger partial charge in [-0.1, -0.05) is 26.2 Å². The molecular formula is C15H28N2O. The van der Waals surface area contributed by atoms with Gasteiger partial charge in [-0.05, 0) is 31.1 Å². The molecule has 0 radical (unpaired) electrons. The third-order valence-corrected chi connectivity index (χ3v) is 4.59. The number of nitrogens with zero attached hydrogens (tertiary/aromatic N) is 1. The smallest absolute Gasteiger partial charge is 0.217 e. The van der Waals surface area contributed by atoms with E-state index in [-0.39, 0.29) is 5.91 Å². The molecule has 2 unspecified atom stereocenters. The van der Waals surface area contributed by atoms with Crippen molar-refractivity contribution < 1.29 is 4.79 Å². The topological polar surface area (TPSA) is 32.3 Å². The van der Waals surface area contributed by atoms with Gasteiger partial charge in [-0.3, -0.25) is 4.79 Å². The highest BCUT2D eigenvalue weighted by Gasteiger charge is 2.28. The fourth-order valence-corrected chi connectivity index (χ4v) is 3.70. The van der Waals surface area contributed by atoms with E-state index in [1.807, 2.05) is 0 Å². The van der Waals surface area contributed by atoms with Gasteiger partial charge in [0.1, 0.15) is 0 Å². The summed E-state index contributed by atoms with van der Waals surface area (Å²) >= 11 is 0. The van der Waals surface area contributed by atoms with Crippen molar-refractivity contribution in [2.45, 2.75) is 58.4 Å². The van der Waals surface area contributed by atoms with Crippen LogP contribution in [0, 0.1) is 11.8 Å². The number of carbonyl (C=O) groups excluding carboxylic acids is 1. The van der Waals surface area contributed by atoms with Crippen LogP contribution in [0.1, 0.15) is 52.4 Å². The van der Waals surface area contributed by atoms with Gasteiger partial charge in [0, 0.05) is 32.6 Å². The summed E-state index contributed by atoms with van der Waals surface area (Å²) in [6.45, 7) is 7.47. The molecule has 0 bridgehead atoms. The first-order chi connectivity index (χ1) is 8.67. The first-order valence-corrected chi connectivity index (χ1v) is 7.66. The first-order valence-electron chi connectivity index (χ1n) is 7.66. The maximum absolute atomic E-state index is 11.2. The molecule has 2 atom stereocenters. The molecule has 0 aromatic heterocycles. The maximum atomic E-state index is 11.2. The molecule has 104 valence electrons. The molecule has 3 heteroatoms. The average molecular weight is 252 g/mol. The molecule has 2 fully saturated rings.